The summed E-state index contributed by atoms with van der Waals surface area (Å²) in [5.41, 5.74) is 2.38. The number of H-pyrrole nitrogens is 1. The molecule has 0 spiro atoms. The molecule has 2 heterocycles. The van der Waals surface area contributed by atoms with E-state index in [-0.39, 0.29) is 5.82 Å². The predicted octanol–water partition coefficient (Wildman–Crippen LogP) is 2.11. The van der Waals surface area contributed by atoms with Gasteiger partial charge in [0.05, 0.1) is 11.9 Å². The van der Waals surface area contributed by atoms with Gasteiger partial charge < -0.3 is 5.32 Å². The normalized spacial score (nSPS) is 11.1. The fraction of sp³-hybridized carbons (Fsp3) is 0.333. The van der Waals surface area contributed by atoms with Gasteiger partial charge >= 0.3 is 0 Å². The minimum absolute atomic E-state index is 0.342. The minimum Gasteiger partial charge on any atom is -0.309 e. The molecule has 2 N–H and O–H groups in total. The number of aromatic nitrogens is 3. The summed E-state index contributed by atoms with van der Waals surface area (Å²) in [6.45, 7) is 4.89. The Morgan fingerprint density at radius 1 is 1.35 bits per heavy atom. The highest BCUT2D eigenvalue weighted by Crippen LogP contribution is 2.14. The van der Waals surface area contributed by atoms with Gasteiger partial charge in [0.1, 0.15) is 11.5 Å². The van der Waals surface area contributed by atoms with Crippen molar-refractivity contribution in [3.63, 3.8) is 0 Å². The van der Waals surface area contributed by atoms with E-state index in [0.29, 0.717) is 11.7 Å². The third-order valence-electron chi connectivity index (χ3n) is 2.32. The second-order valence-corrected chi connectivity index (χ2v) is 4.18. The first-order chi connectivity index (χ1) is 8.15. The third kappa shape index (κ3) is 3.10. The van der Waals surface area contributed by atoms with Crippen LogP contribution in [0.25, 0.3) is 11.4 Å². The van der Waals surface area contributed by atoms with Crippen LogP contribution >= 0.6 is 0 Å². The number of rotatable bonds is 4. The summed E-state index contributed by atoms with van der Waals surface area (Å²) in [4.78, 5) is 3.98. The maximum absolute atomic E-state index is 12.7. The van der Waals surface area contributed by atoms with Crippen LogP contribution in [0.15, 0.2) is 24.4 Å². The monoisotopic (exact) mass is 234 g/mol. The highest BCUT2D eigenvalue weighted by Gasteiger charge is 2.05. The van der Waals surface area contributed by atoms with E-state index in [1.165, 1.54) is 12.3 Å². The standard InChI is InChI=1S/C12H15FN4/c1-8(2)14-7-10-5-12(17-16-10)11-4-3-9(13)6-15-11/h3-6,8,14H,7H2,1-2H3,(H,16,17). The fourth-order valence-corrected chi connectivity index (χ4v) is 1.42. The molecule has 0 fully saturated rings. The van der Waals surface area contributed by atoms with Gasteiger partial charge in [-0.2, -0.15) is 5.10 Å². The van der Waals surface area contributed by atoms with Crippen LogP contribution in [0.1, 0.15) is 19.5 Å². The molecule has 0 aromatic carbocycles. The zero-order valence-electron chi connectivity index (χ0n) is 9.87. The van der Waals surface area contributed by atoms with Crippen LogP contribution in [-0.2, 0) is 6.54 Å². The number of hydrogen-bond donors (Lipinski definition) is 2. The van der Waals surface area contributed by atoms with Crippen LogP contribution in [0.2, 0.25) is 0 Å². The Kier molecular flexibility index (Phi) is 3.49. The number of aromatic amines is 1. The average molecular weight is 234 g/mol. The molecular weight excluding hydrogens is 219 g/mol. The van der Waals surface area contributed by atoms with Gasteiger partial charge in [-0.15, -0.1) is 0 Å². The van der Waals surface area contributed by atoms with Crippen LogP contribution in [0.3, 0.4) is 0 Å². The highest BCUT2D eigenvalue weighted by molar-refractivity contribution is 5.53. The lowest BCUT2D eigenvalue weighted by Gasteiger charge is -2.04. The van der Waals surface area contributed by atoms with Crippen molar-refractivity contribution >= 4 is 0 Å². The molecule has 0 bridgehead atoms. The third-order valence-corrected chi connectivity index (χ3v) is 2.32. The molecule has 0 unspecified atom stereocenters. The lowest BCUT2D eigenvalue weighted by atomic mass is 10.2. The van der Waals surface area contributed by atoms with Gasteiger partial charge in [0, 0.05) is 18.3 Å². The van der Waals surface area contributed by atoms with E-state index < -0.39 is 0 Å². The van der Waals surface area contributed by atoms with Crippen molar-refractivity contribution in [2.24, 2.45) is 0 Å². The Balaban J connectivity index is 2.10. The highest BCUT2D eigenvalue weighted by atomic mass is 19.1. The summed E-state index contributed by atoms with van der Waals surface area (Å²) in [6.07, 6.45) is 1.19. The van der Waals surface area contributed by atoms with Crippen LogP contribution in [0, 0.1) is 5.82 Å². The summed E-state index contributed by atoms with van der Waals surface area (Å²) in [6, 6.07) is 5.33. The Bertz CT molecular complexity index is 476. The molecule has 0 radical (unpaired) electrons. The van der Waals surface area contributed by atoms with Crippen LogP contribution in [-0.4, -0.2) is 21.2 Å². The molecule has 2 aromatic rings. The van der Waals surface area contributed by atoms with Crippen LogP contribution < -0.4 is 5.32 Å². The maximum Gasteiger partial charge on any atom is 0.141 e. The lowest BCUT2D eigenvalue weighted by molar-refractivity contribution is 0.580. The lowest BCUT2D eigenvalue weighted by Crippen LogP contribution is -2.21. The molecule has 2 aromatic heterocycles. The van der Waals surface area contributed by atoms with Gasteiger partial charge in [-0.25, -0.2) is 4.39 Å². The molecule has 4 nitrogen and oxygen atoms in total. The number of pyridine rings is 1. The molecule has 17 heavy (non-hydrogen) atoms. The summed E-state index contributed by atoms with van der Waals surface area (Å²) >= 11 is 0. The number of nitrogens with one attached hydrogen (secondary N) is 2. The first-order valence-electron chi connectivity index (χ1n) is 5.55. The number of hydrogen-bond acceptors (Lipinski definition) is 3. The van der Waals surface area contributed by atoms with E-state index in [1.807, 2.05) is 6.07 Å². The fourth-order valence-electron chi connectivity index (χ4n) is 1.42. The quantitative estimate of drug-likeness (QED) is 0.851. The molecule has 0 atom stereocenters. The van der Waals surface area contributed by atoms with Gasteiger partial charge in [0.25, 0.3) is 0 Å². The molecule has 2 rings (SSSR count). The molecular formula is C12H15FN4. The zero-order chi connectivity index (χ0) is 12.3. The van der Waals surface area contributed by atoms with Crippen LogP contribution in [0.4, 0.5) is 4.39 Å². The minimum atomic E-state index is -0.342. The first kappa shape index (κ1) is 11.7. The topological polar surface area (TPSA) is 53.6 Å². The number of nitrogens with zero attached hydrogens (tertiary/aromatic N) is 2. The Morgan fingerprint density at radius 3 is 2.82 bits per heavy atom. The molecule has 90 valence electrons. The Morgan fingerprint density at radius 2 is 2.18 bits per heavy atom. The average Bonchev–Trinajstić information content (AvgIpc) is 2.76. The van der Waals surface area contributed by atoms with Crippen molar-refractivity contribution in [3.05, 3.63) is 35.9 Å². The van der Waals surface area contributed by atoms with Crippen molar-refractivity contribution in [3.8, 4) is 11.4 Å². The Labute approximate surface area is 99.3 Å². The molecule has 5 heteroatoms. The zero-order valence-corrected chi connectivity index (χ0v) is 9.87. The molecule has 0 aliphatic heterocycles. The summed E-state index contributed by atoms with van der Waals surface area (Å²) in [5, 5.41) is 10.4. The summed E-state index contributed by atoms with van der Waals surface area (Å²) in [7, 11) is 0. The van der Waals surface area contributed by atoms with E-state index >= 15 is 0 Å². The second-order valence-electron chi connectivity index (χ2n) is 4.18. The van der Waals surface area contributed by atoms with Crippen molar-refractivity contribution in [1.29, 1.82) is 0 Å². The SMILES string of the molecule is CC(C)NCc1cc(-c2ccc(F)cn2)n[nH]1. The summed E-state index contributed by atoms with van der Waals surface area (Å²) < 4.78 is 12.7. The predicted molar refractivity (Wildman–Crippen MR) is 63.8 cm³/mol. The smallest absolute Gasteiger partial charge is 0.141 e. The Hall–Kier alpha value is -1.75. The van der Waals surface area contributed by atoms with Gasteiger partial charge in [-0.1, -0.05) is 13.8 Å². The summed E-state index contributed by atoms with van der Waals surface area (Å²) in [5.74, 6) is -0.342. The van der Waals surface area contributed by atoms with E-state index in [1.54, 1.807) is 6.07 Å². The van der Waals surface area contributed by atoms with Crippen molar-refractivity contribution in [1.82, 2.24) is 20.5 Å². The van der Waals surface area contributed by atoms with E-state index in [2.05, 4.69) is 34.3 Å². The van der Waals surface area contributed by atoms with E-state index in [9.17, 15) is 4.39 Å². The van der Waals surface area contributed by atoms with Crippen LogP contribution in [0.5, 0.6) is 0 Å². The molecule has 0 saturated carbocycles. The largest absolute Gasteiger partial charge is 0.309 e. The van der Waals surface area contributed by atoms with E-state index in [0.717, 1.165) is 17.9 Å². The van der Waals surface area contributed by atoms with Gasteiger partial charge in [-0.05, 0) is 18.2 Å². The second kappa shape index (κ2) is 5.05. The number of halogens is 1. The first-order valence-corrected chi connectivity index (χ1v) is 5.55. The van der Waals surface area contributed by atoms with Crippen molar-refractivity contribution in [2.75, 3.05) is 0 Å². The van der Waals surface area contributed by atoms with Gasteiger partial charge in [-0.3, -0.25) is 10.1 Å². The molecule has 0 aliphatic carbocycles. The van der Waals surface area contributed by atoms with Gasteiger partial charge in [0.2, 0.25) is 0 Å². The van der Waals surface area contributed by atoms with Gasteiger partial charge in [0.15, 0.2) is 0 Å². The molecule has 0 aliphatic rings. The maximum atomic E-state index is 12.7. The van der Waals surface area contributed by atoms with E-state index in [4.69, 9.17) is 0 Å². The van der Waals surface area contributed by atoms with Crippen molar-refractivity contribution in [2.45, 2.75) is 26.4 Å². The molecule has 0 saturated heterocycles. The molecule has 0 amide bonds. The van der Waals surface area contributed by atoms with Crippen molar-refractivity contribution < 1.29 is 4.39 Å².